The van der Waals surface area contributed by atoms with Gasteiger partial charge in [0.25, 0.3) is 0 Å². The first-order chi connectivity index (χ1) is 14.8. The molecule has 2 fully saturated rings. The van der Waals surface area contributed by atoms with E-state index < -0.39 is 9.84 Å². The smallest absolute Gasteiger partial charge is 0.333 e. The number of benzene rings is 1. The van der Waals surface area contributed by atoms with Crippen LogP contribution in [0.4, 0.5) is 0 Å². The number of sulfone groups is 1. The molecule has 1 atom stereocenters. The molecule has 1 aliphatic heterocycles. The van der Waals surface area contributed by atoms with Gasteiger partial charge in [0.15, 0.2) is 9.84 Å². The fraction of sp³-hybridized carbons (Fsp3) is 0.500. The lowest BCUT2D eigenvalue weighted by Gasteiger charge is -2.34. The minimum absolute atomic E-state index is 0.00935. The van der Waals surface area contributed by atoms with E-state index in [-0.39, 0.29) is 41.7 Å². The van der Waals surface area contributed by atoms with E-state index in [1.54, 1.807) is 42.3 Å². The molecule has 4 rings (SSSR count). The zero-order valence-corrected chi connectivity index (χ0v) is 18.3. The normalized spacial score (nSPS) is 20.6. The number of hydrogen-bond acceptors (Lipinski definition) is 5. The Hall–Kier alpha value is -2.86. The number of imidazole rings is 1. The third kappa shape index (κ3) is 4.30. The van der Waals surface area contributed by atoms with E-state index in [0.717, 1.165) is 25.7 Å². The maximum absolute atomic E-state index is 13.3. The van der Waals surface area contributed by atoms with Crippen molar-refractivity contribution in [3.05, 3.63) is 52.2 Å². The summed E-state index contributed by atoms with van der Waals surface area (Å²) >= 11 is 0. The van der Waals surface area contributed by atoms with Gasteiger partial charge in [-0.3, -0.25) is 13.9 Å². The minimum atomic E-state index is -3.12. The zero-order chi connectivity index (χ0) is 22.2. The zero-order valence-electron chi connectivity index (χ0n) is 17.5. The molecule has 1 aliphatic carbocycles. The van der Waals surface area contributed by atoms with Gasteiger partial charge in [0.2, 0.25) is 5.91 Å². The van der Waals surface area contributed by atoms with Crippen LogP contribution in [0.25, 0.3) is 5.69 Å². The van der Waals surface area contributed by atoms with Gasteiger partial charge in [0.1, 0.15) is 6.54 Å². The Morgan fingerprint density at radius 3 is 2.42 bits per heavy atom. The van der Waals surface area contributed by atoms with Crippen molar-refractivity contribution in [2.24, 2.45) is 0 Å². The molecule has 8 nitrogen and oxygen atoms in total. The van der Waals surface area contributed by atoms with Crippen LogP contribution in [0.15, 0.2) is 35.3 Å². The van der Waals surface area contributed by atoms with Crippen LogP contribution in [0.3, 0.4) is 0 Å². The quantitative estimate of drug-likeness (QED) is 0.702. The SMILES string of the molecule is Cc1cn(CC(=O)N(C2CCCC2)C2CCS(=O)(=O)C2)c(=O)n1-c1ccc(C#N)cc1. The lowest BCUT2D eigenvalue weighted by atomic mass is 10.1. The first kappa shape index (κ1) is 21.4. The highest BCUT2D eigenvalue weighted by Gasteiger charge is 2.39. The number of nitrogens with zero attached hydrogens (tertiary/aromatic N) is 4. The highest BCUT2D eigenvalue weighted by Crippen LogP contribution is 2.29. The number of carbonyl (C=O) groups is 1. The van der Waals surface area contributed by atoms with E-state index in [2.05, 4.69) is 6.07 Å². The summed E-state index contributed by atoms with van der Waals surface area (Å²) < 4.78 is 27.0. The molecule has 2 aromatic rings. The second-order valence-corrected chi connectivity index (χ2v) is 10.7. The molecular formula is C22H26N4O4S. The van der Waals surface area contributed by atoms with Gasteiger partial charge in [-0.2, -0.15) is 5.26 Å². The standard InChI is InChI=1S/C22H26N4O4S/c1-16-13-24(22(28)25(16)19-8-6-17(12-23)7-9-19)14-21(27)26(18-4-2-3-5-18)20-10-11-31(29,30)15-20/h6-9,13,18,20H,2-5,10-11,14-15H2,1H3. The summed E-state index contributed by atoms with van der Waals surface area (Å²) in [4.78, 5) is 28.1. The van der Waals surface area contributed by atoms with E-state index in [4.69, 9.17) is 5.26 Å². The number of nitriles is 1. The average molecular weight is 443 g/mol. The van der Waals surface area contributed by atoms with Crippen molar-refractivity contribution in [3.63, 3.8) is 0 Å². The van der Waals surface area contributed by atoms with Gasteiger partial charge < -0.3 is 4.90 Å². The number of aromatic nitrogens is 2. The average Bonchev–Trinajstić information content (AvgIpc) is 3.44. The Morgan fingerprint density at radius 1 is 1.16 bits per heavy atom. The van der Waals surface area contributed by atoms with Crippen LogP contribution in [-0.4, -0.2) is 51.9 Å². The Kier molecular flexibility index (Phi) is 5.75. The van der Waals surface area contributed by atoms with Gasteiger partial charge in [0, 0.05) is 24.0 Å². The van der Waals surface area contributed by atoms with Gasteiger partial charge in [-0.1, -0.05) is 12.8 Å². The minimum Gasteiger partial charge on any atom is -0.334 e. The summed E-state index contributed by atoms with van der Waals surface area (Å²) in [5.74, 6) is -0.0781. The summed E-state index contributed by atoms with van der Waals surface area (Å²) in [6.07, 6.45) is 5.93. The van der Waals surface area contributed by atoms with Crippen molar-refractivity contribution in [2.45, 2.75) is 57.7 Å². The molecule has 2 aliphatic rings. The molecule has 1 aromatic carbocycles. The molecule has 0 bridgehead atoms. The molecule has 9 heteroatoms. The van der Waals surface area contributed by atoms with E-state index in [1.165, 1.54) is 9.13 Å². The van der Waals surface area contributed by atoms with E-state index in [0.29, 0.717) is 23.4 Å². The van der Waals surface area contributed by atoms with Crippen LogP contribution >= 0.6 is 0 Å². The first-order valence-electron chi connectivity index (χ1n) is 10.6. The molecule has 1 amide bonds. The number of hydrogen-bond donors (Lipinski definition) is 0. The number of carbonyl (C=O) groups excluding carboxylic acids is 1. The van der Waals surface area contributed by atoms with Crippen LogP contribution in [0.2, 0.25) is 0 Å². The fourth-order valence-corrected chi connectivity index (χ4v) is 6.55. The monoisotopic (exact) mass is 442 g/mol. The Labute approximate surface area is 181 Å². The molecular weight excluding hydrogens is 416 g/mol. The lowest BCUT2D eigenvalue weighted by molar-refractivity contribution is -0.136. The molecule has 1 saturated carbocycles. The Bertz CT molecular complexity index is 1180. The Balaban J connectivity index is 1.60. The molecule has 1 saturated heterocycles. The van der Waals surface area contributed by atoms with Crippen LogP contribution in [-0.2, 0) is 21.2 Å². The van der Waals surface area contributed by atoms with Crippen molar-refractivity contribution >= 4 is 15.7 Å². The third-order valence-corrected chi connectivity index (χ3v) is 8.05. The topological polar surface area (TPSA) is 105 Å². The van der Waals surface area contributed by atoms with Crippen molar-refractivity contribution in [1.82, 2.24) is 14.0 Å². The van der Waals surface area contributed by atoms with Crippen LogP contribution in [0.5, 0.6) is 0 Å². The molecule has 31 heavy (non-hydrogen) atoms. The van der Waals surface area contributed by atoms with Crippen molar-refractivity contribution in [1.29, 1.82) is 5.26 Å². The molecule has 164 valence electrons. The highest BCUT2D eigenvalue weighted by molar-refractivity contribution is 7.91. The van der Waals surface area contributed by atoms with Crippen LogP contribution in [0.1, 0.15) is 43.4 Å². The summed E-state index contributed by atoms with van der Waals surface area (Å²) in [6, 6.07) is 8.48. The number of aryl methyl sites for hydroxylation is 1. The predicted octanol–water partition coefficient (Wildman–Crippen LogP) is 1.78. The molecule has 0 N–H and O–H groups in total. The largest absolute Gasteiger partial charge is 0.334 e. The summed E-state index contributed by atoms with van der Waals surface area (Å²) in [5.41, 5.74) is 1.48. The third-order valence-electron chi connectivity index (χ3n) is 6.30. The van der Waals surface area contributed by atoms with E-state index in [9.17, 15) is 18.0 Å². The summed E-state index contributed by atoms with van der Waals surface area (Å²) in [5, 5.41) is 8.97. The predicted molar refractivity (Wildman–Crippen MR) is 116 cm³/mol. The first-order valence-corrected chi connectivity index (χ1v) is 12.4. The van der Waals surface area contributed by atoms with Gasteiger partial charge in [0.05, 0.1) is 28.8 Å². The van der Waals surface area contributed by atoms with Gasteiger partial charge in [-0.25, -0.2) is 13.2 Å². The fourth-order valence-electron chi connectivity index (χ4n) is 4.84. The van der Waals surface area contributed by atoms with Crippen molar-refractivity contribution in [3.8, 4) is 11.8 Å². The molecule has 0 spiro atoms. The maximum atomic E-state index is 13.3. The number of rotatable bonds is 5. The van der Waals surface area contributed by atoms with Crippen LogP contribution < -0.4 is 5.69 Å². The van der Waals surface area contributed by atoms with Crippen LogP contribution in [0, 0.1) is 18.3 Å². The summed E-state index contributed by atoms with van der Waals surface area (Å²) in [7, 11) is -3.12. The maximum Gasteiger partial charge on any atom is 0.333 e. The molecule has 2 heterocycles. The lowest BCUT2D eigenvalue weighted by Crippen LogP contribution is -2.48. The molecule has 1 aromatic heterocycles. The molecule has 0 radical (unpaired) electrons. The van der Waals surface area contributed by atoms with Gasteiger partial charge >= 0.3 is 5.69 Å². The van der Waals surface area contributed by atoms with E-state index in [1.807, 2.05) is 0 Å². The second-order valence-electron chi connectivity index (χ2n) is 8.47. The molecule has 1 unspecified atom stereocenters. The second kappa shape index (κ2) is 8.35. The van der Waals surface area contributed by atoms with Gasteiger partial charge in [-0.15, -0.1) is 0 Å². The van der Waals surface area contributed by atoms with Crippen molar-refractivity contribution < 1.29 is 13.2 Å². The highest BCUT2D eigenvalue weighted by atomic mass is 32.2. The van der Waals surface area contributed by atoms with Gasteiger partial charge in [-0.05, 0) is 50.5 Å². The number of amides is 1. The van der Waals surface area contributed by atoms with Crippen molar-refractivity contribution in [2.75, 3.05) is 11.5 Å². The van der Waals surface area contributed by atoms with E-state index >= 15 is 0 Å². The summed E-state index contributed by atoms with van der Waals surface area (Å²) in [6.45, 7) is 1.68. The Morgan fingerprint density at radius 2 is 1.84 bits per heavy atom.